The summed E-state index contributed by atoms with van der Waals surface area (Å²) >= 11 is 1.37. The van der Waals surface area contributed by atoms with Crippen molar-refractivity contribution in [3.63, 3.8) is 0 Å². The molecule has 0 aliphatic heterocycles. The number of hydrogen-bond acceptors (Lipinski definition) is 4. The Balaban J connectivity index is 1.94. The number of sulfonamides is 1. The van der Waals surface area contributed by atoms with Crippen molar-refractivity contribution in [2.75, 3.05) is 6.54 Å². The SMILES string of the molecule is CC(CCNS(=O)(=O)c1ccsc1CN)c1ccccc1. The number of thiophene rings is 1. The summed E-state index contributed by atoms with van der Waals surface area (Å²) in [7, 11) is -3.46. The van der Waals surface area contributed by atoms with Gasteiger partial charge in [-0.2, -0.15) is 0 Å². The van der Waals surface area contributed by atoms with Gasteiger partial charge in [0.2, 0.25) is 10.0 Å². The maximum absolute atomic E-state index is 12.2. The molecular formula is C15H20N2O2S2. The van der Waals surface area contributed by atoms with Gasteiger partial charge in [0.25, 0.3) is 0 Å². The van der Waals surface area contributed by atoms with Crippen LogP contribution in [-0.2, 0) is 16.6 Å². The van der Waals surface area contributed by atoms with E-state index in [-0.39, 0.29) is 6.54 Å². The normalized spacial score (nSPS) is 13.2. The van der Waals surface area contributed by atoms with Crippen LogP contribution in [0.2, 0.25) is 0 Å². The van der Waals surface area contributed by atoms with E-state index >= 15 is 0 Å². The van der Waals surface area contributed by atoms with Crippen molar-refractivity contribution in [1.29, 1.82) is 0 Å². The molecule has 0 amide bonds. The molecule has 0 saturated heterocycles. The number of benzene rings is 1. The van der Waals surface area contributed by atoms with Crippen LogP contribution in [0.25, 0.3) is 0 Å². The Bertz CT molecular complexity index is 666. The minimum atomic E-state index is -3.46. The van der Waals surface area contributed by atoms with Crippen molar-refractivity contribution in [1.82, 2.24) is 4.72 Å². The van der Waals surface area contributed by atoms with E-state index in [4.69, 9.17) is 5.73 Å². The molecule has 114 valence electrons. The number of nitrogens with one attached hydrogen (secondary N) is 1. The van der Waals surface area contributed by atoms with E-state index in [0.29, 0.717) is 22.2 Å². The van der Waals surface area contributed by atoms with Crippen molar-refractivity contribution in [2.24, 2.45) is 5.73 Å². The Labute approximate surface area is 130 Å². The molecule has 0 aliphatic carbocycles. The quantitative estimate of drug-likeness (QED) is 0.822. The molecule has 1 aromatic heterocycles. The molecule has 1 heterocycles. The highest BCUT2D eigenvalue weighted by Crippen LogP contribution is 2.22. The zero-order valence-electron chi connectivity index (χ0n) is 12.0. The number of hydrogen-bond donors (Lipinski definition) is 2. The van der Waals surface area contributed by atoms with Crippen LogP contribution in [0.1, 0.15) is 29.7 Å². The molecular weight excluding hydrogens is 304 g/mol. The second kappa shape index (κ2) is 7.17. The van der Waals surface area contributed by atoms with Gasteiger partial charge in [0, 0.05) is 18.0 Å². The fourth-order valence-corrected chi connectivity index (χ4v) is 4.53. The van der Waals surface area contributed by atoms with Crippen LogP contribution in [-0.4, -0.2) is 15.0 Å². The predicted molar refractivity (Wildman–Crippen MR) is 86.9 cm³/mol. The van der Waals surface area contributed by atoms with Crippen molar-refractivity contribution in [3.8, 4) is 0 Å². The summed E-state index contributed by atoms with van der Waals surface area (Å²) in [5.41, 5.74) is 6.78. The van der Waals surface area contributed by atoms with Gasteiger partial charge in [-0.25, -0.2) is 13.1 Å². The molecule has 1 aromatic carbocycles. The molecule has 0 radical (unpaired) electrons. The third-order valence-electron chi connectivity index (χ3n) is 3.42. The first-order valence-corrected chi connectivity index (χ1v) is 9.22. The molecule has 0 fully saturated rings. The Kier molecular flexibility index (Phi) is 5.52. The Morgan fingerprint density at radius 3 is 2.62 bits per heavy atom. The summed E-state index contributed by atoms with van der Waals surface area (Å²) in [6, 6.07) is 11.7. The second-order valence-electron chi connectivity index (χ2n) is 4.91. The monoisotopic (exact) mass is 324 g/mol. The molecule has 0 spiro atoms. The van der Waals surface area contributed by atoms with Gasteiger partial charge in [0.15, 0.2) is 0 Å². The van der Waals surface area contributed by atoms with Crippen molar-refractivity contribution < 1.29 is 8.42 Å². The standard InChI is InChI=1S/C15H20N2O2S2/c1-12(13-5-3-2-4-6-13)7-9-17-21(18,19)15-8-10-20-14(15)11-16/h2-6,8,10,12,17H,7,9,11,16H2,1H3. The van der Waals surface area contributed by atoms with Gasteiger partial charge in [0.05, 0.1) is 4.90 Å². The van der Waals surface area contributed by atoms with E-state index in [1.54, 1.807) is 11.4 Å². The Morgan fingerprint density at radius 2 is 1.95 bits per heavy atom. The molecule has 1 atom stereocenters. The third kappa shape index (κ3) is 4.14. The fourth-order valence-electron chi connectivity index (χ4n) is 2.15. The minimum Gasteiger partial charge on any atom is -0.326 e. The fraction of sp³-hybridized carbons (Fsp3) is 0.333. The molecule has 3 N–H and O–H groups in total. The zero-order chi connectivity index (χ0) is 15.3. The highest BCUT2D eigenvalue weighted by atomic mass is 32.2. The molecule has 0 bridgehead atoms. The molecule has 2 aromatic rings. The lowest BCUT2D eigenvalue weighted by molar-refractivity contribution is 0.572. The largest absolute Gasteiger partial charge is 0.326 e. The van der Waals surface area contributed by atoms with Gasteiger partial charge in [-0.15, -0.1) is 11.3 Å². The van der Waals surface area contributed by atoms with E-state index in [1.165, 1.54) is 16.9 Å². The van der Waals surface area contributed by atoms with E-state index in [0.717, 1.165) is 6.42 Å². The summed E-state index contributed by atoms with van der Waals surface area (Å²) < 4.78 is 27.1. The topological polar surface area (TPSA) is 72.2 Å². The maximum atomic E-state index is 12.2. The number of nitrogens with two attached hydrogens (primary N) is 1. The van der Waals surface area contributed by atoms with Crippen LogP contribution in [0.3, 0.4) is 0 Å². The Morgan fingerprint density at radius 1 is 1.24 bits per heavy atom. The van der Waals surface area contributed by atoms with Gasteiger partial charge in [-0.1, -0.05) is 37.3 Å². The highest BCUT2D eigenvalue weighted by Gasteiger charge is 2.18. The van der Waals surface area contributed by atoms with Gasteiger partial charge >= 0.3 is 0 Å². The average molecular weight is 324 g/mol. The lowest BCUT2D eigenvalue weighted by Gasteiger charge is -2.12. The highest BCUT2D eigenvalue weighted by molar-refractivity contribution is 7.89. The zero-order valence-corrected chi connectivity index (χ0v) is 13.6. The van der Waals surface area contributed by atoms with Crippen molar-refractivity contribution >= 4 is 21.4 Å². The third-order valence-corrected chi connectivity index (χ3v) is 6.04. The van der Waals surface area contributed by atoms with Gasteiger partial charge in [-0.05, 0) is 29.3 Å². The molecule has 6 heteroatoms. The first kappa shape index (κ1) is 16.2. The smallest absolute Gasteiger partial charge is 0.241 e. The molecule has 21 heavy (non-hydrogen) atoms. The van der Waals surface area contributed by atoms with Crippen LogP contribution in [0.15, 0.2) is 46.7 Å². The molecule has 1 unspecified atom stereocenters. The second-order valence-corrected chi connectivity index (χ2v) is 7.65. The van der Waals surface area contributed by atoms with Crippen molar-refractivity contribution in [3.05, 3.63) is 52.2 Å². The summed E-state index contributed by atoms with van der Waals surface area (Å²) in [5.74, 6) is 0.311. The van der Waals surface area contributed by atoms with Crippen LogP contribution < -0.4 is 10.5 Å². The average Bonchev–Trinajstić information content (AvgIpc) is 2.97. The summed E-state index contributed by atoms with van der Waals surface area (Å²) in [4.78, 5) is 1.00. The minimum absolute atomic E-state index is 0.244. The maximum Gasteiger partial charge on any atom is 0.241 e. The summed E-state index contributed by atoms with van der Waals surface area (Å²) in [5, 5.41) is 1.75. The van der Waals surface area contributed by atoms with E-state index < -0.39 is 10.0 Å². The van der Waals surface area contributed by atoms with Crippen LogP contribution in [0.5, 0.6) is 0 Å². The summed E-state index contributed by atoms with van der Waals surface area (Å²) in [6.45, 7) is 2.76. The van der Waals surface area contributed by atoms with Crippen molar-refractivity contribution in [2.45, 2.75) is 30.7 Å². The van der Waals surface area contributed by atoms with E-state index in [2.05, 4.69) is 23.8 Å². The molecule has 0 aliphatic rings. The van der Waals surface area contributed by atoms with Gasteiger partial charge < -0.3 is 5.73 Å². The lowest BCUT2D eigenvalue weighted by Crippen LogP contribution is -2.26. The first-order chi connectivity index (χ1) is 10.0. The Hall–Kier alpha value is -1.21. The first-order valence-electron chi connectivity index (χ1n) is 6.85. The van der Waals surface area contributed by atoms with Crippen LogP contribution in [0.4, 0.5) is 0 Å². The van der Waals surface area contributed by atoms with E-state index in [1.807, 2.05) is 18.2 Å². The molecule has 2 rings (SSSR count). The molecule has 4 nitrogen and oxygen atoms in total. The van der Waals surface area contributed by atoms with Crippen LogP contribution in [0, 0.1) is 0 Å². The van der Waals surface area contributed by atoms with E-state index in [9.17, 15) is 8.42 Å². The lowest BCUT2D eigenvalue weighted by atomic mass is 9.98. The number of rotatable bonds is 7. The predicted octanol–water partition coefficient (Wildman–Crippen LogP) is 2.68. The molecule has 0 saturated carbocycles. The summed E-state index contributed by atoms with van der Waals surface area (Å²) in [6.07, 6.45) is 0.755. The van der Waals surface area contributed by atoms with Gasteiger partial charge in [0.1, 0.15) is 0 Å². The van der Waals surface area contributed by atoms with Gasteiger partial charge in [-0.3, -0.25) is 0 Å². The van der Waals surface area contributed by atoms with Crippen LogP contribution >= 0.6 is 11.3 Å².